The van der Waals surface area contributed by atoms with Crippen molar-refractivity contribution in [2.24, 2.45) is 0 Å². The zero-order valence-electron chi connectivity index (χ0n) is 9.54. The number of nitrogens with zero attached hydrogens (tertiary/aromatic N) is 1. The number of halogens is 1. The minimum absolute atomic E-state index is 0.0533. The molecule has 0 aliphatic carbocycles. The number of aromatic carboxylic acids is 1. The van der Waals surface area contributed by atoms with Gasteiger partial charge in [-0.15, -0.1) is 0 Å². The van der Waals surface area contributed by atoms with E-state index in [-0.39, 0.29) is 17.0 Å². The molecule has 19 heavy (non-hydrogen) atoms. The molecule has 1 N–H and O–H groups in total. The summed E-state index contributed by atoms with van der Waals surface area (Å²) in [4.78, 5) is 25.9. The van der Waals surface area contributed by atoms with Crippen LogP contribution in [-0.2, 0) is 0 Å². The monoisotopic (exact) mass is 261 g/mol. The summed E-state index contributed by atoms with van der Waals surface area (Å²) in [5.41, 5.74) is -0.157. The molecule has 0 radical (unpaired) electrons. The van der Waals surface area contributed by atoms with E-state index in [1.54, 1.807) is 0 Å². The predicted molar refractivity (Wildman–Crippen MR) is 62.6 cm³/mol. The summed E-state index contributed by atoms with van der Waals surface area (Å²) in [7, 11) is 0. The van der Waals surface area contributed by atoms with Gasteiger partial charge in [0.05, 0.1) is 5.56 Å². The molecule has 0 saturated carbocycles. The van der Waals surface area contributed by atoms with E-state index in [0.29, 0.717) is 0 Å². The number of aromatic nitrogens is 1. The molecule has 0 amide bonds. The number of hydrogen-bond acceptors (Lipinski definition) is 4. The van der Waals surface area contributed by atoms with Crippen molar-refractivity contribution in [3.63, 3.8) is 0 Å². The molecule has 2 aromatic rings. The van der Waals surface area contributed by atoms with Gasteiger partial charge in [-0.2, -0.15) is 0 Å². The van der Waals surface area contributed by atoms with Gasteiger partial charge < -0.3 is 9.84 Å². The van der Waals surface area contributed by atoms with Crippen molar-refractivity contribution in [3.8, 4) is 5.75 Å². The number of benzene rings is 1. The molecule has 0 fully saturated rings. The van der Waals surface area contributed by atoms with Crippen LogP contribution in [0.4, 0.5) is 4.39 Å². The Balaban J connectivity index is 2.16. The highest BCUT2D eigenvalue weighted by atomic mass is 19.1. The van der Waals surface area contributed by atoms with Crippen molar-refractivity contribution >= 4 is 11.9 Å². The fraction of sp³-hybridized carbons (Fsp3) is 0. The first kappa shape index (κ1) is 12.7. The third-order valence-electron chi connectivity index (χ3n) is 2.26. The van der Waals surface area contributed by atoms with E-state index < -0.39 is 17.8 Å². The molecule has 5 nitrogen and oxygen atoms in total. The van der Waals surface area contributed by atoms with Gasteiger partial charge in [-0.3, -0.25) is 0 Å². The molecule has 0 aliphatic heterocycles. The number of carboxylic acid groups (broad SMARTS) is 1. The highest BCUT2D eigenvalue weighted by molar-refractivity contribution is 5.91. The van der Waals surface area contributed by atoms with Crippen molar-refractivity contribution in [3.05, 3.63) is 59.7 Å². The number of carbonyl (C=O) groups is 2. The van der Waals surface area contributed by atoms with Gasteiger partial charge in [-0.25, -0.2) is 19.0 Å². The van der Waals surface area contributed by atoms with E-state index in [9.17, 15) is 14.0 Å². The van der Waals surface area contributed by atoms with Crippen molar-refractivity contribution < 1.29 is 23.8 Å². The molecule has 0 aliphatic rings. The molecule has 0 saturated heterocycles. The SMILES string of the molecule is O=C(O)c1ccc(C(=O)Oc2ccccc2F)nc1. The van der Waals surface area contributed by atoms with Gasteiger partial charge in [0.25, 0.3) is 0 Å². The number of para-hydroxylation sites is 1. The van der Waals surface area contributed by atoms with Gasteiger partial charge in [-0.05, 0) is 24.3 Å². The molecule has 2 rings (SSSR count). The van der Waals surface area contributed by atoms with Crippen LogP contribution in [-0.4, -0.2) is 22.0 Å². The molecular weight excluding hydrogens is 253 g/mol. The molecule has 1 aromatic heterocycles. The van der Waals surface area contributed by atoms with Gasteiger partial charge in [0.2, 0.25) is 0 Å². The molecule has 0 bridgehead atoms. The zero-order chi connectivity index (χ0) is 13.8. The van der Waals surface area contributed by atoms with Crippen LogP contribution in [0.1, 0.15) is 20.8 Å². The number of esters is 1. The summed E-state index contributed by atoms with van der Waals surface area (Å²) in [5.74, 6) is -2.89. The lowest BCUT2D eigenvalue weighted by atomic mass is 10.2. The van der Waals surface area contributed by atoms with Crippen molar-refractivity contribution in [1.29, 1.82) is 0 Å². The Morgan fingerprint density at radius 3 is 2.47 bits per heavy atom. The largest absolute Gasteiger partial charge is 0.478 e. The summed E-state index contributed by atoms with van der Waals surface area (Å²) in [6.07, 6.45) is 1.03. The second-order valence-corrected chi connectivity index (χ2v) is 3.56. The van der Waals surface area contributed by atoms with Crippen LogP contribution in [0.5, 0.6) is 5.75 Å². The average Bonchev–Trinajstić information content (AvgIpc) is 2.41. The van der Waals surface area contributed by atoms with E-state index >= 15 is 0 Å². The zero-order valence-corrected chi connectivity index (χ0v) is 9.54. The standard InChI is InChI=1S/C13H8FNO4/c14-9-3-1-2-4-11(9)19-13(18)10-6-5-8(7-15-10)12(16)17/h1-7H,(H,16,17). The Morgan fingerprint density at radius 2 is 1.89 bits per heavy atom. The van der Waals surface area contributed by atoms with Crippen LogP contribution >= 0.6 is 0 Å². The summed E-state index contributed by atoms with van der Waals surface area (Å²) >= 11 is 0. The van der Waals surface area contributed by atoms with Crippen LogP contribution in [0.25, 0.3) is 0 Å². The number of ether oxygens (including phenoxy) is 1. The second kappa shape index (κ2) is 5.26. The molecule has 1 aromatic carbocycles. The first-order chi connectivity index (χ1) is 9.08. The Labute approximate surface area is 107 Å². The normalized spacial score (nSPS) is 9.95. The maximum absolute atomic E-state index is 13.3. The number of pyridine rings is 1. The third-order valence-corrected chi connectivity index (χ3v) is 2.26. The fourth-order valence-electron chi connectivity index (χ4n) is 1.32. The summed E-state index contributed by atoms with van der Waals surface area (Å²) in [6.45, 7) is 0. The molecule has 1 heterocycles. The molecule has 6 heteroatoms. The van der Waals surface area contributed by atoms with E-state index in [2.05, 4.69) is 4.98 Å². The lowest BCUT2D eigenvalue weighted by molar-refractivity contribution is 0.0688. The molecule has 96 valence electrons. The highest BCUT2D eigenvalue weighted by Gasteiger charge is 2.13. The van der Waals surface area contributed by atoms with Gasteiger partial charge in [0, 0.05) is 6.20 Å². The second-order valence-electron chi connectivity index (χ2n) is 3.56. The summed E-state index contributed by atoms with van der Waals surface area (Å²) in [6, 6.07) is 7.86. The van der Waals surface area contributed by atoms with Crippen LogP contribution in [0.15, 0.2) is 42.6 Å². The summed E-state index contributed by atoms with van der Waals surface area (Å²) in [5, 5.41) is 8.68. The van der Waals surface area contributed by atoms with Gasteiger partial charge in [0.1, 0.15) is 5.69 Å². The average molecular weight is 261 g/mol. The minimum atomic E-state index is -1.15. The molecule has 0 atom stereocenters. The maximum atomic E-state index is 13.3. The molecule has 0 spiro atoms. The van der Waals surface area contributed by atoms with E-state index in [0.717, 1.165) is 12.3 Å². The number of carboxylic acids is 1. The number of carbonyl (C=O) groups excluding carboxylic acids is 1. The Hall–Kier alpha value is -2.76. The van der Waals surface area contributed by atoms with E-state index in [1.807, 2.05) is 0 Å². The first-order valence-electron chi connectivity index (χ1n) is 5.24. The Bertz CT molecular complexity index is 625. The van der Waals surface area contributed by atoms with Crippen molar-refractivity contribution in [2.45, 2.75) is 0 Å². The van der Waals surface area contributed by atoms with Crippen LogP contribution in [0, 0.1) is 5.82 Å². The third kappa shape index (κ3) is 2.92. The van der Waals surface area contributed by atoms with Crippen LogP contribution in [0.2, 0.25) is 0 Å². The number of rotatable bonds is 3. The Kier molecular flexibility index (Phi) is 3.51. The lowest BCUT2D eigenvalue weighted by Crippen LogP contribution is -2.12. The van der Waals surface area contributed by atoms with Gasteiger partial charge >= 0.3 is 11.9 Å². The van der Waals surface area contributed by atoms with Crippen LogP contribution in [0.3, 0.4) is 0 Å². The first-order valence-corrected chi connectivity index (χ1v) is 5.24. The fourth-order valence-corrected chi connectivity index (χ4v) is 1.32. The lowest BCUT2D eigenvalue weighted by Gasteiger charge is -2.04. The minimum Gasteiger partial charge on any atom is -0.478 e. The van der Waals surface area contributed by atoms with Gasteiger partial charge in [0.15, 0.2) is 11.6 Å². The number of hydrogen-bond donors (Lipinski definition) is 1. The van der Waals surface area contributed by atoms with E-state index in [4.69, 9.17) is 9.84 Å². The molecular formula is C13H8FNO4. The Morgan fingerprint density at radius 1 is 1.16 bits per heavy atom. The highest BCUT2D eigenvalue weighted by Crippen LogP contribution is 2.16. The summed E-state index contributed by atoms with van der Waals surface area (Å²) < 4.78 is 18.1. The van der Waals surface area contributed by atoms with Crippen molar-refractivity contribution in [2.75, 3.05) is 0 Å². The van der Waals surface area contributed by atoms with E-state index in [1.165, 1.54) is 30.3 Å². The smallest absolute Gasteiger partial charge is 0.362 e. The molecule has 0 unspecified atom stereocenters. The maximum Gasteiger partial charge on any atom is 0.362 e. The van der Waals surface area contributed by atoms with Crippen molar-refractivity contribution in [1.82, 2.24) is 4.98 Å². The van der Waals surface area contributed by atoms with Crippen LogP contribution < -0.4 is 4.74 Å². The topological polar surface area (TPSA) is 76.5 Å². The quantitative estimate of drug-likeness (QED) is 0.676. The van der Waals surface area contributed by atoms with Gasteiger partial charge in [-0.1, -0.05) is 12.1 Å². The predicted octanol–water partition coefficient (Wildman–Crippen LogP) is 2.14.